The molecule has 0 saturated carbocycles. The molecule has 0 atom stereocenters. The van der Waals surface area contributed by atoms with Gasteiger partial charge in [-0.15, -0.1) is 0 Å². The number of hydrogen-bond donors (Lipinski definition) is 2. The summed E-state index contributed by atoms with van der Waals surface area (Å²) in [5, 5.41) is 6.03. The lowest BCUT2D eigenvalue weighted by Gasteiger charge is -2.09. The van der Waals surface area contributed by atoms with Crippen LogP contribution in [0.1, 0.15) is 21.6 Å². The second-order valence-corrected chi connectivity index (χ2v) is 5.27. The summed E-state index contributed by atoms with van der Waals surface area (Å²) in [6.07, 6.45) is 4.85. The largest absolute Gasteiger partial charge is 0.366 e. The average molecular weight is 319 g/mol. The molecule has 3 aromatic rings. The standard InChI is InChI=1S/C18H17N5O/c1-13-4-2-3-5-15(13)23-18(24)16-10-17(22-12-21-16)20-11-14-6-8-19-9-7-14/h2-10,12H,11H2,1H3,(H,23,24)(H,20,21,22). The van der Waals surface area contributed by atoms with Crippen LogP contribution in [0.4, 0.5) is 11.5 Å². The molecule has 0 aliphatic carbocycles. The maximum atomic E-state index is 12.4. The van der Waals surface area contributed by atoms with Crippen molar-refractivity contribution in [2.75, 3.05) is 10.6 Å². The molecule has 0 spiro atoms. The Bertz CT molecular complexity index is 836. The lowest BCUT2D eigenvalue weighted by Crippen LogP contribution is -2.15. The number of para-hydroxylation sites is 1. The smallest absolute Gasteiger partial charge is 0.274 e. The summed E-state index contributed by atoms with van der Waals surface area (Å²) in [4.78, 5) is 24.5. The normalized spacial score (nSPS) is 10.2. The zero-order valence-electron chi connectivity index (χ0n) is 13.2. The summed E-state index contributed by atoms with van der Waals surface area (Å²) in [5.41, 5.74) is 3.16. The average Bonchev–Trinajstić information content (AvgIpc) is 2.63. The monoisotopic (exact) mass is 319 g/mol. The summed E-state index contributed by atoms with van der Waals surface area (Å²) >= 11 is 0. The van der Waals surface area contributed by atoms with E-state index >= 15 is 0 Å². The van der Waals surface area contributed by atoms with Crippen molar-refractivity contribution >= 4 is 17.4 Å². The summed E-state index contributed by atoms with van der Waals surface area (Å²) < 4.78 is 0. The van der Waals surface area contributed by atoms with Crippen molar-refractivity contribution in [1.29, 1.82) is 0 Å². The van der Waals surface area contributed by atoms with Crippen LogP contribution in [0, 0.1) is 6.92 Å². The summed E-state index contributed by atoms with van der Waals surface area (Å²) in [7, 11) is 0. The van der Waals surface area contributed by atoms with E-state index in [1.807, 2.05) is 43.3 Å². The Morgan fingerprint density at radius 3 is 2.67 bits per heavy atom. The molecular formula is C18H17N5O. The number of pyridine rings is 1. The highest BCUT2D eigenvalue weighted by molar-refractivity contribution is 6.03. The Morgan fingerprint density at radius 2 is 1.88 bits per heavy atom. The second-order valence-electron chi connectivity index (χ2n) is 5.27. The fourth-order valence-electron chi connectivity index (χ4n) is 2.17. The Hall–Kier alpha value is -3.28. The summed E-state index contributed by atoms with van der Waals surface area (Å²) in [6, 6.07) is 13.1. The third-order valence-corrected chi connectivity index (χ3v) is 3.52. The van der Waals surface area contributed by atoms with Gasteiger partial charge in [-0.1, -0.05) is 18.2 Å². The minimum Gasteiger partial charge on any atom is -0.366 e. The molecule has 0 fully saturated rings. The van der Waals surface area contributed by atoms with Crippen LogP contribution in [0.3, 0.4) is 0 Å². The van der Waals surface area contributed by atoms with Crippen molar-refractivity contribution in [3.8, 4) is 0 Å². The third-order valence-electron chi connectivity index (χ3n) is 3.52. The summed E-state index contributed by atoms with van der Waals surface area (Å²) in [6.45, 7) is 2.54. The number of aromatic nitrogens is 3. The zero-order chi connectivity index (χ0) is 16.8. The molecule has 0 saturated heterocycles. The summed E-state index contributed by atoms with van der Waals surface area (Å²) in [5.74, 6) is 0.329. The first kappa shape index (κ1) is 15.6. The molecule has 1 aromatic carbocycles. The number of nitrogens with one attached hydrogen (secondary N) is 2. The molecule has 6 nitrogen and oxygen atoms in total. The number of nitrogens with zero attached hydrogens (tertiary/aromatic N) is 3. The quantitative estimate of drug-likeness (QED) is 0.755. The molecular weight excluding hydrogens is 302 g/mol. The van der Waals surface area contributed by atoms with Gasteiger partial charge in [0.2, 0.25) is 0 Å². The van der Waals surface area contributed by atoms with E-state index in [1.165, 1.54) is 6.33 Å². The minimum atomic E-state index is -0.265. The van der Waals surface area contributed by atoms with Crippen LogP contribution in [0.15, 0.2) is 61.2 Å². The van der Waals surface area contributed by atoms with Crippen LogP contribution in [0.2, 0.25) is 0 Å². The third kappa shape index (κ3) is 3.92. The highest BCUT2D eigenvalue weighted by Gasteiger charge is 2.10. The first-order chi connectivity index (χ1) is 11.7. The van der Waals surface area contributed by atoms with Crippen molar-refractivity contribution in [1.82, 2.24) is 15.0 Å². The topological polar surface area (TPSA) is 79.8 Å². The molecule has 2 aromatic heterocycles. The molecule has 0 aliphatic rings. The molecule has 2 heterocycles. The number of rotatable bonds is 5. The van der Waals surface area contributed by atoms with E-state index in [2.05, 4.69) is 25.6 Å². The van der Waals surface area contributed by atoms with Crippen molar-refractivity contribution in [3.05, 3.63) is 78.0 Å². The number of anilines is 2. The van der Waals surface area contributed by atoms with Crippen LogP contribution in [0.25, 0.3) is 0 Å². The van der Waals surface area contributed by atoms with Gasteiger partial charge in [-0.3, -0.25) is 9.78 Å². The van der Waals surface area contributed by atoms with Gasteiger partial charge >= 0.3 is 0 Å². The molecule has 6 heteroatoms. The highest BCUT2D eigenvalue weighted by Crippen LogP contribution is 2.15. The number of aryl methyl sites for hydroxylation is 1. The molecule has 120 valence electrons. The number of hydrogen-bond acceptors (Lipinski definition) is 5. The Kier molecular flexibility index (Phi) is 4.76. The fourth-order valence-corrected chi connectivity index (χ4v) is 2.17. The van der Waals surface area contributed by atoms with Crippen LogP contribution in [0.5, 0.6) is 0 Å². The molecule has 24 heavy (non-hydrogen) atoms. The van der Waals surface area contributed by atoms with E-state index in [4.69, 9.17) is 0 Å². The Balaban J connectivity index is 1.68. The molecule has 3 rings (SSSR count). The van der Waals surface area contributed by atoms with E-state index in [0.717, 1.165) is 16.8 Å². The lowest BCUT2D eigenvalue weighted by atomic mass is 10.2. The maximum Gasteiger partial charge on any atom is 0.274 e. The van der Waals surface area contributed by atoms with Gasteiger partial charge < -0.3 is 10.6 Å². The SMILES string of the molecule is Cc1ccccc1NC(=O)c1cc(NCc2ccncc2)ncn1. The van der Waals surface area contributed by atoms with Crippen molar-refractivity contribution in [2.24, 2.45) is 0 Å². The minimum absolute atomic E-state index is 0.265. The van der Waals surface area contributed by atoms with Gasteiger partial charge in [0.05, 0.1) is 0 Å². The van der Waals surface area contributed by atoms with Gasteiger partial charge in [-0.2, -0.15) is 0 Å². The lowest BCUT2D eigenvalue weighted by molar-refractivity contribution is 0.102. The molecule has 2 N–H and O–H groups in total. The number of carbonyl (C=O) groups excluding carboxylic acids is 1. The first-order valence-electron chi connectivity index (χ1n) is 7.54. The van der Waals surface area contributed by atoms with E-state index < -0.39 is 0 Å². The van der Waals surface area contributed by atoms with Gasteiger partial charge in [-0.25, -0.2) is 9.97 Å². The first-order valence-corrected chi connectivity index (χ1v) is 7.54. The molecule has 0 aliphatic heterocycles. The molecule has 1 amide bonds. The van der Waals surface area contributed by atoms with E-state index in [1.54, 1.807) is 18.5 Å². The molecule has 0 radical (unpaired) electrons. The number of amides is 1. The number of benzene rings is 1. The maximum absolute atomic E-state index is 12.4. The van der Waals surface area contributed by atoms with Crippen LogP contribution >= 0.6 is 0 Å². The predicted octanol–water partition coefficient (Wildman–Crippen LogP) is 3.04. The molecule has 0 bridgehead atoms. The second kappa shape index (κ2) is 7.32. The molecule has 0 unspecified atom stereocenters. The van der Waals surface area contributed by atoms with Crippen LogP contribution in [-0.2, 0) is 6.54 Å². The van der Waals surface area contributed by atoms with Gasteiger partial charge in [-0.05, 0) is 36.2 Å². The Labute approximate surface area is 140 Å². The van der Waals surface area contributed by atoms with Gasteiger partial charge in [0.15, 0.2) is 0 Å². The van der Waals surface area contributed by atoms with Gasteiger partial charge in [0.25, 0.3) is 5.91 Å². The predicted molar refractivity (Wildman–Crippen MR) is 92.7 cm³/mol. The fraction of sp³-hybridized carbons (Fsp3) is 0.111. The zero-order valence-corrected chi connectivity index (χ0v) is 13.2. The van der Waals surface area contributed by atoms with Crippen molar-refractivity contribution in [2.45, 2.75) is 13.5 Å². The van der Waals surface area contributed by atoms with Crippen molar-refractivity contribution in [3.63, 3.8) is 0 Å². The van der Waals surface area contributed by atoms with Crippen molar-refractivity contribution < 1.29 is 4.79 Å². The van der Waals surface area contributed by atoms with E-state index in [0.29, 0.717) is 18.1 Å². The van der Waals surface area contributed by atoms with Crippen LogP contribution < -0.4 is 10.6 Å². The van der Waals surface area contributed by atoms with Gasteiger partial charge in [0.1, 0.15) is 17.8 Å². The number of carbonyl (C=O) groups is 1. The van der Waals surface area contributed by atoms with E-state index in [9.17, 15) is 4.79 Å². The Morgan fingerprint density at radius 1 is 1.08 bits per heavy atom. The van der Waals surface area contributed by atoms with Crippen LogP contribution in [-0.4, -0.2) is 20.9 Å². The van der Waals surface area contributed by atoms with Gasteiger partial charge in [0, 0.05) is 30.7 Å². The highest BCUT2D eigenvalue weighted by atomic mass is 16.1. The van der Waals surface area contributed by atoms with E-state index in [-0.39, 0.29) is 5.91 Å².